The van der Waals surface area contributed by atoms with Crippen LogP contribution in [0.5, 0.6) is 0 Å². The van der Waals surface area contributed by atoms with Gasteiger partial charge in [-0.05, 0) is 31.0 Å². The first-order valence-corrected chi connectivity index (χ1v) is 7.42. The van der Waals surface area contributed by atoms with Gasteiger partial charge in [0.05, 0.1) is 0 Å². The van der Waals surface area contributed by atoms with Gasteiger partial charge in [0, 0.05) is 30.8 Å². The van der Waals surface area contributed by atoms with E-state index in [2.05, 4.69) is 25.7 Å². The molecule has 21 heavy (non-hydrogen) atoms. The number of rotatable bonds is 8. The maximum atomic E-state index is 12.5. The van der Waals surface area contributed by atoms with Crippen LogP contribution in [0.25, 0.3) is 0 Å². The number of nitrogens with zero attached hydrogens (tertiary/aromatic N) is 1. The maximum Gasteiger partial charge on any atom is 0.253 e. The van der Waals surface area contributed by atoms with Gasteiger partial charge in [-0.15, -0.1) is 6.58 Å². The largest absolute Gasteiger partial charge is 0.349 e. The van der Waals surface area contributed by atoms with E-state index in [9.17, 15) is 9.59 Å². The van der Waals surface area contributed by atoms with Crippen molar-refractivity contribution in [1.82, 2.24) is 10.2 Å². The Hall–Kier alpha value is -2.10. The molecular formula is C17H24N2O2. The van der Waals surface area contributed by atoms with Crippen LogP contribution in [-0.2, 0) is 0 Å². The van der Waals surface area contributed by atoms with E-state index >= 15 is 0 Å². The molecule has 114 valence electrons. The van der Waals surface area contributed by atoms with Crippen molar-refractivity contribution in [3.05, 3.63) is 48.0 Å². The molecule has 4 nitrogen and oxygen atoms in total. The fourth-order valence-corrected chi connectivity index (χ4v) is 2.10. The first-order chi connectivity index (χ1) is 10.1. The van der Waals surface area contributed by atoms with Gasteiger partial charge < -0.3 is 10.2 Å². The van der Waals surface area contributed by atoms with Crippen LogP contribution in [0.15, 0.2) is 36.9 Å². The second-order valence-corrected chi connectivity index (χ2v) is 4.87. The fraction of sp³-hybridized carbons (Fsp3) is 0.412. The molecule has 1 aromatic rings. The molecule has 0 heterocycles. The molecule has 1 rings (SSSR count). The lowest BCUT2D eigenvalue weighted by Crippen LogP contribution is -2.32. The third-order valence-electron chi connectivity index (χ3n) is 3.05. The molecule has 0 spiro atoms. The molecule has 0 bridgehead atoms. The molecule has 0 aliphatic heterocycles. The van der Waals surface area contributed by atoms with Crippen molar-refractivity contribution >= 4 is 11.8 Å². The molecule has 0 fully saturated rings. The number of amides is 2. The summed E-state index contributed by atoms with van der Waals surface area (Å²) in [5.74, 6) is -0.209. The Morgan fingerprint density at radius 3 is 2.38 bits per heavy atom. The highest BCUT2D eigenvalue weighted by Crippen LogP contribution is 2.10. The van der Waals surface area contributed by atoms with Gasteiger partial charge in [0.25, 0.3) is 11.8 Å². The van der Waals surface area contributed by atoms with E-state index in [-0.39, 0.29) is 11.8 Å². The van der Waals surface area contributed by atoms with E-state index in [0.29, 0.717) is 17.7 Å². The Morgan fingerprint density at radius 1 is 1.19 bits per heavy atom. The molecule has 1 aromatic carbocycles. The number of nitrogens with one attached hydrogen (secondary N) is 1. The molecular weight excluding hydrogens is 264 g/mol. The number of hydrogen-bond donors (Lipinski definition) is 1. The standard InChI is InChI=1S/C17H24N2O2/c1-4-10-18-16(20)14-8-7-9-15(13-14)17(21)19(11-5-2)12-6-3/h4,7-9,13H,1,5-6,10-12H2,2-3H3,(H,18,20). The van der Waals surface area contributed by atoms with Crippen LogP contribution in [-0.4, -0.2) is 36.3 Å². The third kappa shape index (κ3) is 5.06. The van der Waals surface area contributed by atoms with Crippen LogP contribution in [0.4, 0.5) is 0 Å². The number of hydrogen-bond acceptors (Lipinski definition) is 2. The molecule has 0 atom stereocenters. The minimum absolute atomic E-state index is 0.0166. The van der Waals surface area contributed by atoms with Crippen molar-refractivity contribution in [3.63, 3.8) is 0 Å². The SMILES string of the molecule is C=CCNC(=O)c1cccc(C(=O)N(CCC)CCC)c1. The summed E-state index contributed by atoms with van der Waals surface area (Å²) in [5, 5.41) is 2.71. The molecule has 0 aliphatic carbocycles. The van der Waals surface area contributed by atoms with Gasteiger partial charge >= 0.3 is 0 Å². The van der Waals surface area contributed by atoms with E-state index in [0.717, 1.165) is 25.9 Å². The first-order valence-electron chi connectivity index (χ1n) is 7.42. The van der Waals surface area contributed by atoms with E-state index in [4.69, 9.17) is 0 Å². The summed E-state index contributed by atoms with van der Waals surface area (Å²) in [7, 11) is 0. The van der Waals surface area contributed by atoms with E-state index in [1.54, 1.807) is 30.3 Å². The zero-order chi connectivity index (χ0) is 15.7. The molecule has 0 aromatic heterocycles. The summed E-state index contributed by atoms with van der Waals surface area (Å²) in [6.45, 7) is 9.54. The predicted molar refractivity (Wildman–Crippen MR) is 85.5 cm³/mol. The molecule has 0 unspecified atom stereocenters. The van der Waals surface area contributed by atoms with E-state index in [1.165, 1.54) is 0 Å². The lowest BCUT2D eigenvalue weighted by Gasteiger charge is -2.21. The molecule has 0 saturated carbocycles. The molecule has 0 saturated heterocycles. The van der Waals surface area contributed by atoms with E-state index < -0.39 is 0 Å². The molecule has 0 radical (unpaired) electrons. The first kappa shape index (κ1) is 17.0. The summed E-state index contributed by atoms with van der Waals surface area (Å²) >= 11 is 0. The van der Waals surface area contributed by atoms with Crippen molar-refractivity contribution in [2.24, 2.45) is 0 Å². The summed E-state index contributed by atoms with van der Waals surface area (Å²) in [5.41, 5.74) is 1.05. The van der Waals surface area contributed by atoms with Crippen molar-refractivity contribution in [2.75, 3.05) is 19.6 Å². The second-order valence-electron chi connectivity index (χ2n) is 4.87. The Kier molecular flexibility index (Phi) is 7.23. The summed E-state index contributed by atoms with van der Waals surface area (Å²) in [4.78, 5) is 26.2. The molecule has 1 N–H and O–H groups in total. The van der Waals surface area contributed by atoms with Gasteiger partial charge in [-0.3, -0.25) is 9.59 Å². The Bertz CT molecular complexity index is 491. The van der Waals surface area contributed by atoms with E-state index in [1.807, 2.05) is 4.90 Å². The van der Waals surface area contributed by atoms with Crippen LogP contribution in [0, 0.1) is 0 Å². The average molecular weight is 288 g/mol. The lowest BCUT2D eigenvalue weighted by atomic mass is 10.1. The number of carbonyl (C=O) groups is 2. The molecule has 0 aliphatic rings. The number of carbonyl (C=O) groups excluding carboxylic acids is 2. The Morgan fingerprint density at radius 2 is 1.81 bits per heavy atom. The molecule has 4 heteroatoms. The van der Waals surface area contributed by atoms with Crippen LogP contribution in [0.3, 0.4) is 0 Å². The number of benzene rings is 1. The topological polar surface area (TPSA) is 49.4 Å². The normalized spacial score (nSPS) is 10.0. The van der Waals surface area contributed by atoms with Crippen molar-refractivity contribution in [1.29, 1.82) is 0 Å². The maximum absolute atomic E-state index is 12.5. The smallest absolute Gasteiger partial charge is 0.253 e. The van der Waals surface area contributed by atoms with Gasteiger partial charge in [0.1, 0.15) is 0 Å². The van der Waals surface area contributed by atoms with Crippen molar-refractivity contribution in [2.45, 2.75) is 26.7 Å². The summed E-state index contributed by atoms with van der Waals surface area (Å²) in [6.07, 6.45) is 3.47. The minimum Gasteiger partial charge on any atom is -0.349 e. The van der Waals surface area contributed by atoms with Crippen LogP contribution in [0.1, 0.15) is 47.4 Å². The zero-order valence-electron chi connectivity index (χ0n) is 12.9. The fourth-order valence-electron chi connectivity index (χ4n) is 2.10. The lowest BCUT2D eigenvalue weighted by molar-refractivity contribution is 0.0755. The average Bonchev–Trinajstić information content (AvgIpc) is 2.51. The summed E-state index contributed by atoms with van der Waals surface area (Å²) in [6, 6.07) is 6.86. The highest BCUT2D eigenvalue weighted by atomic mass is 16.2. The Labute approximate surface area is 126 Å². The van der Waals surface area contributed by atoms with Gasteiger partial charge in [0.15, 0.2) is 0 Å². The highest BCUT2D eigenvalue weighted by Gasteiger charge is 2.15. The summed E-state index contributed by atoms with van der Waals surface area (Å²) < 4.78 is 0. The Balaban J connectivity index is 2.89. The van der Waals surface area contributed by atoms with Gasteiger partial charge in [0.2, 0.25) is 0 Å². The van der Waals surface area contributed by atoms with Crippen LogP contribution in [0.2, 0.25) is 0 Å². The zero-order valence-corrected chi connectivity index (χ0v) is 12.9. The monoisotopic (exact) mass is 288 g/mol. The minimum atomic E-state index is -0.193. The van der Waals surface area contributed by atoms with Crippen molar-refractivity contribution < 1.29 is 9.59 Å². The quantitative estimate of drug-likeness (QED) is 0.748. The van der Waals surface area contributed by atoms with Crippen molar-refractivity contribution in [3.8, 4) is 0 Å². The second kappa shape index (κ2) is 8.95. The van der Waals surface area contributed by atoms with Gasteiger partial charge in [-0.25, -0.2) is 0 Å². The highest BCUT2D eigenvalue weighted by molar-refractivity contribution is 5.99. The van der Waals surface area contributed by atoms with Gasteiger partial charge in [-0.2, -0.15) is 0 Å². The van der Waals surface area contributed by atoms with Crippen LogP contribution >= 0.6 is 0 Å². The molecule has 2 amide bonds. The van der Waals surface area contributed by atoms with Gasteiger partial charge in [-0.1, -0.05) is 26.0 Å². The predicted octanol–water partition coefficient (Wildman–Crippen LogP) is 2.86. The third-order valence-corrected chi connectivity index (χ3v) is 3.05. The van der Waals surface area contributed by atoms with Crippen LogP contribution < -0.4 is 5.32 Å².